The number of hydrogen-bond acceptors (Lipinski definition) is 4. The maximum absolute atomic E-state index is 12.0. The van der Waals surface area contributed by atoms with E-state index < -0.39 is 0 Å². The quantitative estimate of drug-likeness (QED) is 0.502. The number of esters is 1. The number of ether oxygens (including phenoxy) is 1. The first-order chi connectivity index (χ1) is 9.26. The lowest BCUT2D eigenvalue weighted by molar-refractivity contribution is 0.0490. The first kappa shape index (κ1) is 16.5. The minimum absolute atomic E-state index is 0.301. The second-order valence-corrected chi connectivity index (χ2v) is 6.32. The summed E-state index contributed by atoms with van der Waals surface area (Å²) in [4.78, 5) is 12.0. The minimum Gasteiger partial charge on any atom is -0.462 e. The number of anilines is 1. The predicted octanol–water partition coefficient (Wildman–Crippen LogP) is 3.83. The molecule has 0 atom stereocenters. The lowest BCUT2D eigenvalue weighted by atomic mass is 9.90. The fraction of sp³-hybridized carbons (Fsp3) is 0.467. The summed E-state index contributed by atoms with van der Waals surface area (Å²) in [6.45, 7) is 5.83. The number of nitrogens with two attached hydrogens (primary N) is 1. The topological polar surface area (TPSA) is 76.1 Å². The fourth-order valence-corrected chi connectivity index (χ4v) is 2.20. The zero-order chi connectivity index (χ0) is 15.3. The molecule has 0 radical (unpaired) electrons. The number of nitrogen functional groups attached to an aromatic ring is 1. The highest BCUT2D eigenvalue weighted by molar-refractivity contribution is 9.10. The Morgan fingerprint density at radius 3 is 2.75 bits per heavy atom. The van der Waals surface area contributed by atoms with Crippen molar-refractivity contribution in [2.75, 3.05) is 12.3 Å². The van der Waals surface area contributed by atoms with Crippen LogP contribution in [0.2, 0.25) is 0 Å². The third-order valence-corrected chi connectivity index (χ3v) is 3.57. The molecule has 0 heterocycles. The molecule has 0 saturated carbocycles. The van der Waals surface area contributed by atoms with Crippen molar-refractivity contribution in [1.29, 1.82) is 5.26 Å². The van der Waals surface area contributed by atoms with E-state index in [1.807, 2.05) is 13.8 Å². The van der Waals surface area contributed by atoms with Gasteiger partial charge in [0.25, 0.3) is 0 Å². The van der Waals surface area contributed by atoms with Crippen LogP contribution in [-0.4, -0.2) is 12.6 Å². The van der Waals surface area contributed by atoms with E-state index in [0.717, 1.165) is 10.0 Å². The van der Waals surface area contributed by atoms with E-state index in [4.69, 9.17) is 15.7 Å². The summed E-state index contributed by atoms with van der Waals surface area (Å²) >= 11 is 3.31. The van der Waals surface area contributed by atoms with Crippen LogP contribution in [0.4, 0.5) is 5.69 Å². The van der Waals surface area contributed by atoms with Gasteiger partial charge in [0.1, 0.15) is 0 Å². The summed E-state index contributed by atoms with van der Waals surface area (Å²) in [7, 11) is 0. The van der Waals surface area contributed by atoms with Crippen LogP contribution in [0, 0.1) is 23.7 Å². The van der Waals surface area contributed by atoms with Crippen LogP contribution in [0.25, 0.3) is 0 Å². The van der Waals surface area contributed by atoms with Crippen LogP contribution >= 0.6 is 15.9 Å². The Bertz CT molecular complexity index is 548. The van der Waals surface area contributed by atoms with Crippen molar-refractivity contribution in [3.05, 3.63) is 27.7 Å². The molecule has 4 nitrogen and oxygen atoms in total. The number of hydrogen-bond donors (Lipinski definition) is 1. The van der Waals surface area contributed by atoms with Gasteiger partial charge < -0.3 is 10.5 Å². The van der Waals surface area contributed by atoms with E-state index in [9.17, 15) is 4.79 Å². The van der Waals surface area contributed by atoms with E-state index in [2.05, 4.69) is 22.0 Å². The van der Waals surface area contributed by atoms with E-state index in [-0.39, 0.29) is 11.4 Å². The summed E-state index contributed by atoms with van der Waals surface area (Å²) < 4.78 is 5.98. The summed E-state index contributed by atoms with van der Waals surface area (Å²) in [5.74, 6) is -0.384. The molecule has 0 aromatic heterocycles. The Balaban J connectivity index is 2.59. The van der Waals surface area contributed by atoms with Gasteiger partial charge in [0.2, 0.25) is 0 Å². The highest BCUT2D eigenvalue weighted by Gasteiger charge is 2.17. The van der Waals surface area contributed by atoms with Gasteiger partial charge in [0, 0.05) is 10.2 Å². The normalized spacial score (nSPS) is 10.9. The molecule has 0 spiro atoms. The summed E-state index contributed by atoms with van der Waals surface area (Å²) in [6.07, 6.45) is 1.35. The van der Waals surface area contributed by atoms with Crippen LogP contribution in [-0.2, 0) is 4.74 Å². The van der Waals surface area contributed by atoms with Crippen LogP contribution < -0.4 is 5.73 Å². The van der Waals surface area contributed by atoms with Gasteiger partial charge in [-0.25, -0.2) is 4.79 Å². The molecule has 0 fully saturated rings. The zero-order valence-electron chi connectivity index (χ0n) is 12.0. The Labute approximate surface area is 128 Å². The van der Waals surface area contributed by atoms with Gasteiger partial charge in [0.15, 0.2) is 0 Å². The summed E-state index contributed by atoms with van der Waals surface area (Å²) in [5.41, 5.74) is 7.17. The number of nitrogens with zero attached hydrogens (tertiary/aromatic N) is 1. The molecule has 0 bridgehead atoms. The molecule has 5 heteroatoms. The molecule has 1 rings (SSSR count). The molecule has 0 amide bonds. The largest absolute Gasteiger partial charge is 0.462 e. The van der Waals surface area contributed by atoms with Crippen molar-refractivity contribution in [3.8, 4) is 6.07 Å². The zero-order valence-corrected chi connectivity index (χ0v) is 13.6. The third kappa shape index (κ3) is 4.53. The Kier molecular flexibility index (Phi) is 5.58. The average Bonchev–Trinajstić information content (AvgIpc) is 2.38. The third-order valence-electron chi connectivity index (χ3n) is 3.11. The van der Waals surface area contributed by atoms with Crippen LogP contribution in [0.1, 0.15) is 42.6 Å². The highest BCUT2D eigenvalue weighted by Crippen LogP contribution is 2.24. The van der Waals surface area contributed by atoms with Crippen molar-refractivity contribution in [2.45, 2.75) is 33.6 Å². The van der Waals surface area contributed by atoms with E-state index >= 15 is 0 Å². The smallest absolute Gasteiger partial charge is 0.338 e. The van der Waals surface area contributed by atoms with Crippen molar-refractivity contribution >= 4 is 27.6 Å². The predicted molar refractivity (Wildman–Crippen MR) is 82.2 cm³/mol. The monoisotopic (exact) mass is 338 g/mol. The SMILES string of the molecule is Cc1c(N)cc(Br)cc1C(=O)OCCCC(C)(C)C#N. The molecule has 0 unspecified atom stereocenters. The van der Waals surface area contributed by atoms with Gasteiger partial charge in [-0.05, 0) is 51.3 Å². The number of halogens is 1. The molecule has 0 aliphatic heterocycles. The van der Waals surface area contributed by atoms with Gasteiger partial charge in [-0.1, -0.05) is 15.9 Å². The van der Waals surface area contributed by atoms with Gasteiger partial charge in [-0.2, -0.15) is 5.26 Å². The average molecular weight is 339 g/mol. The van der Waals surface area contributed by atoms with Gasteiger partial charge >= 0.3 is 5.97 Å². The van der Waals surface area contributed by atoms with E-state index in [1.165, 1.54) is 0 Å². The van der Waals surface area contributed by atoms with Crippen LogP contribution in [0.3, 0.4) is 0 Å². The van der Waals surface area contributed by atoms with Crippen molar-refractivity contribution in [1.82, 2.24) is 0 Å². The van der Waals surface area contributed by atoms with E-state index in [1.54, 1.807) is 19.1 Å². The maximum Gasteiger partial charge on any atom is 0.338 e. The molecule has 0 aliphatic rings. The Hall–Kier alpha value is -1.54. The number of rotatable bonds is 5. The van der Waals surface area contributed by atoms with Crippen molar-refractivity contribution in [2.24, 2.45) is 5.41 Å². The van der Waals surface area contributed by atoms with Crippen molar-refractivity contribution < 1.29 is 9.53 Å². The molecular weight excluding hydrogens is 320 g/mol. The molecule has 1 aromatic rings. The van der Waals surface area contributed by atoms with Crippen LogP contribution in [0.15, 0.2) is 16.6 Å². The molecule has 108 valence electrons. The second-order valence-electron chi connectivity index (χ2n) is 5.40. The molecule has 0 aliphatic carbocycles. The Morgan fingerprint density at radius 2 is 2.15 bits per heavy atom. The molecule has 2 N–H and O–H groups in total. The van der Waals surface area contributed by atoms with Crippen molar-refractivity contribution in [3.63, 3.8) is 0 Å². The van der Waals surface area contributed by atoms with E-state index in [0.29, 0.717) is 30.7 Å². The van der Waals surface area contributed by atoms with Crippen LogP contribution in [0.5, 0.6) is 0 Å². The summed E-state index contributed by atoms with van der Waals surface area (Å²) in [6, 6.07) is 5.68. The number of carbonyl (C=O) groups is 1. The minimum atomic E-state index is -0.386. The highest BCUT2D eigenvalue weighted by atomic mass is 79.9. The lowest BCUT2D eigenvalue weighted by Crippen LogP contribution is -2.13. The maximum atomic E-state index is 12.0. The number of carbonyl (C=O) groups excluding carboxylic acids is 1. The van der Waals surface area contributed by atoms with Gasteiger partial charge in [0.05, 0.1) is 23.7 Å². The summed E-state index contributed by atoms with van der Waals surface area (Å²) in [5, 5.41) is 8.90. The molecular formula is C15H19BrN2O2. The van der Waals surface area contributed by atoms with Gasteiger partial charge in [-0.3, -0.25) is 0 Å². The second kappa shape index (κ2) is 6.76. The standard InChI is InChI=1S/C15H19BrN2O2/c1-10-12(7-11(16)8-13(10)18)14(19)20-6-4-5-15(2,3)9-17/h7-8H,4-6,18H2,1-3H3. The number of nitriles is 1. The first-order valence-electron chi connectivity index (χ1n) is 6.41. The fourth-order valence-electron chi connectivity index (χ4n) is 1.72. The molecule has 0 saturated heterocycles. The Morgan fingerprint density at radius 1 is 1.50 bits per heavy atom. The van der Waals surface area contributed by atoms with Gasteiger partial charge in [-0.15, -0.1) is 0 Å². The number of benzene rings is 1. The molecule has 1 aromatic carbocycles. The first-order valence-corrected chi connectivity index (χ1v) is 7.20. The lowest BCUT2D eigenvalue weighted by Gasteiger charge is -2.15. The molecule has 20 heavy (non-hydrogen) atoms.